The first-order valence-electron chi connectivity index (χ1n) is 7.17. The maximum atomic E-state index is 3.58. The largest absolute Gasteiger partial charge is 0.384 e. The first-order chi connectivity index (χ1) is 8.93. The van der Waals surface area contributed by atoms with E-state index in [2.05, 4.69) is 34.9 Å². The Kier molecular flexibility index (Phi) is 3.65. The summed E-state index contributed by atoms with van der Waals surface area (Å²) in [7, 11) is 0. The van der Waals surface area contributed by atoms with Gasteiger partial charge in [-0.05, 0) is 49.8 Å². The first kappa shape index (κ1) is 11.8. The molecule has 0 bridgehead atoms. The number of fused-ring (bicyclic) bond motifs is 1. The Morgan fingerprint density at radius 1 is 1.22 bits per heavy atom. The summed E-state index contributed by atoms with van der Waals surface area (Å²) in [5, 5.41) is 7.08. The lowest BCUT2D eigenvalue weighted by Gasteiger charge is -2.10. The van der Waals surface area contributed by atoms with Crippen LogP contribution in [0.15, 0.2) is 29.8 Å². The Morgan fingerprint density at radius 2 is 2.22 bits per heavy atom. The van der Waals surface area contributed by atoms with Crippen molar-refractivity contribution in [3.63, 3.8) is 0 Å². The fourth-order valence-corrected chi connectivity index (χ4v) is 2.99. The molecule has 18 heavy (non-hydrogen) atoms. The van der Waals surface area contributed by atoms with E-state index in [1.807, 2.05) is 0 Å². The molecule has 0 atom stereocenters. The number of anilines is 1. The van der Waals surface area contributed by atoms with Crippen LogP contribution < -0.4 is 10.6 Å². The maximum Gasteiger partial charge on any atom is 0.0419 e. The van der Waals surface area contributed by atoms with Crippen molar-refractivity contribution in [2.24, 2.45) is 0 Å². The van der Waals surface area contributed by atoms with Crippen LogP contribution in [0.5, 0.6) is 0 Å². The summed E-state index contributed by atoms with van der Waals surface area (Å²) in [6.07, 6.45) is 8.81. The van der Waals surface area contributed by atoms with E-state index >= 15 is 0 Å². The SMILES string of the molecule is C1=C(CCNCc2cccc3c2NCC3)CCC1. The van der Waals surface area contributed by atoms with Gasteiger partial charge in [-0.2, -0.15) is 0 Å². The van der Waals surface area contributed by atoms with Crippen LogP contribution in [-0.2, 0) is 13.0 Å². The van der Waals surface area contributed by atoms with Gasteiger partial charge in [0.1, 0.15) is 0 Å². The van der Waals surface area contributed by atoms with Crippen LogP contribution >= 0.6 is 0 Å². The minimum Gasteiger partial charge on any atom is -0.384 e. The van der Waals surface area contributed by atoms with Gasteiger partial charge in [0.15, 0.2) is 0 Å². The fraction of sp³-hybridized carbons (Fsp3) is 0.500. The van der Waals surface area contributed by atoms with Gasteiger partial charge in [-0.3, -0.25) is 0 Å². The van der Waals surface area contributed by atoms with Crippen molar-refractivity contribution >= 4 is 5.69 Å². The lowest BCUT2D eigenvalue weighted by atomic mass is 10.1. The summed E-state index contributed by atoms with van der Waals surface area (Å²) in [6, 6.07) is 6.66. The molecule has 0 fully saturated rings. The molecule has 0 saturated heterocycles. The van der Waals surface area contributed by atoms with Crippen LogP contribution in [0.4, 0.5) is 5.69 Å². The van der Waals surface area contributed by atoms with Gasteiger partial charge in [0.2, 0.25) is 0 Å². The molecule has 0 amide bonds. The molecule has 1 aliphatic heterocycles. The lowest BCUT2D eigenvalue weighted by molar-refractivity contribution is 0.676. The molecule has 3 rings (SSSR count). The summed E-state index contributed by atoms with van der Waals surface area (Å²) in [5.41, 5.74) is 5.93. The smallest absolute Gasteiger partial charge is 0.0419 e. The molecule has 0 spiro atoms. The van der Waals surface area contributed by atoms with Crippen LogP contribution in [0.2, 0.25) is 0 Å². The van der Waals surface area contributed by atoms with E-state index in [1.54, 1.807) is 5.57 Å². The quantitative estimate of drug-likeness (QED) is 0.612. The topological polar surface area (TPSA) is 24.1 Å². The highest BCUT2D eigenvalue weighted by Crippen LogP contribution is 2.26. The molecule has 2 heteroatoms. The highest BCUT2D eigenvalue weighted by atomic mass is 14.9. The summed E-state index contributed by atoms with van der Waals surface area (Å²) in [6.45, 7) is 3.19. The van der Waals surface area contributed by atoms with Crippen molar-refractivity contribution in [3.05, 3.63) is 41.0 Å². The molecule has 1 aromatic carbocycles. The predicted molar refractivity (Wildman–Crippen MR) is 76.9 cm³/mol. The zero-order valence-corrected chi connectivity index (χ0v) is 11.0. The highest BCUT2D eigenvalue weighted by molar-refractivity contribution is 5.61. The van der Waals surface area contributed by atoms with Gasteiger partial charge in [-0.25, -0.2) is 0 Å². The van der Waals surface area contributed by atoms with E-state index in [9.17, 15) is 0 Å². The number of hydrogen-bond donors (Lipinski definition) is 2. The second-order valence-electron chi connectivity index (χ2n) is 5.31. The third-order valence-electron chi connectivity index (χ3n) is 4.01. The van der Waals surface area contributed by atoms with Crippen molar-refractivity contribution in [2.45, 2.75) is 38.6 Å². The standard InChI is InChI=1S/C16H22N2/c1-2-5-13(4-1)8-10-17-12-15-7-3-6-14-9-11-18-16(14)15/h3-4,6-7,17-18H,1-2,5,8-12H2. The van der Waals surface area contributed by atoms with E-state index in [0.29, 0.717) is 0 Å². The zero-order chi connectivity index (χ0) is 12.2. The van der Waals surface area contributed by atoms with E-state index in [4.69, 9.17) is 0 Å². The molecular weight excluding hydrogens is 220 g/mol. The Labute approximate surface area is 109 Å². The van der Waals surface area contributed by atoms with Crippen molar-refractivity contribution in [1.29, 1.82) is 0 Å². The molecule has 96 valence electrons. The van der Waals surface area contributed by atoms with E-state index < -0.39 is 0 Å². The number of nitrogens with one attached hydrogen (secondary N) is 2. The number of hydrogen-bond acceptors (Lipinski definition) is 2. The van der Waals surface area contributed by atoms with Gasteiger partial charge in [-0.15, -0.1) is 0 Å². The van der Waals surface area contributed by atoms with E-state index in [0.717, 1.165) is 19.6 Å². The van der Waals surface area contributed by atoms with Crippen LogP contribution in [0, 0.1) is 0 Å². The summed E-state index contributed by atoms with van der Waals surface area (Å²) >= 11 is 0. The van der Waals surface area contributed by atoms with Gasteiger partial charge in [0, 0.05) is 18.8 Å². The van der Waals surface area contributed by atoms with Gasteiger partial charge >= 0.3 is 0 Å². The molecule has 2 aliphatic rings. The molecule has 1 heterocycles. The first-order valence-corrected chi connectivity index (χ1v) is 7.17. The minimum absolute atomic E-state index is 0.990. The molecular formula is C16H22N2. The van der Waals surface area contributed by atoms with E-state index in [1.165, 1.54) is 48.9 Å². The number of rotatable bonds is 5. The lowest BCUT2D eigenvalue weighted by Crippen LogP contribution is -2.16. The van der Waals surface area contributed by atoms with Crippen molar-refractivity contribution in [2.75, 3.05) is 18.4 Å². The minimum atomic E-state index is 0.990. The highest BCUT2D eigenvalue weighted by Gasteiger charge is 2.12. The van der Waals surface area contributed by atoms with Crippen LogP contribution in [-0.4, -0.2) is 13.1 Å². The zero-order valence-electron chi connectivity index (χ0n) is 11.0. The summed E-state index contributed by atoms with van der Waals surface area (Å²) < 4.78 is 0. The second kappa shape index (κ2) is 5.57. The summed E-state index contributed by atoms with van der Waals surface area (Å²) in [4.78, 5) is 0. The monoisotopic (exact) mass is 242 g/mol. The molecule has 0 saturated carbocycles. The predicted octanol–water partition coefficient (Wildman–Crippen LogP) is 3.24. The second-order valence-corrected chi connectivity index (χ2v) is 5.31. The van der Waals surface area contributed by atoms with Crippen molar-refractivity contribution < 1.29 is 0 Å². The Hall–Kier alpha value is -1.28. The van der Waals surface area contributed by atoms with Crippen LogP contribution in [0.3, 0.4) is 0 Å². The Balaban J connectivity index is 1.50. The van der Waals surface area contributed by atoms with Crippen LogP contribution in [0.1, 0.15) is 36.8 Å². The fourth-order valence-electron chi connectivity index (χ4n) is 2.99. The van der Waals surface area contributed by atoms with E-state index in [-0.39, 0.29) is 0 Å². The third-order valence-corrected chi connectivity index (χ3v) is 4.01. The van der Waals surface area contributed by atoms with Crippen LogP contribution in [0.25, 0.3) is 0 Å². The number of allylic oxidation sites excluding steroid dienone is 1. The number of benzene rings is 1. The average Bonchev–Trinajstić information content (AvgIpc) is 3.05. The molecule has 1 aromatic rings. The van der Waals surface area contributed by atoms with Gasteiger partial charge in [0.05, 0.1) is 0 Å². The Morgan fingerprint density at radius 3 is 3.11 bits per heavy atom. The normalized spacial score (nSPS) is 17.4. The van der Waals surface area contributed by atoms with Gasteiger partial charge in [-0.1, -0.05) is 29.8 Å². The third kappa shape index (κ3) is 2.59. The summed E-state index contributed by atoms with van der Waals surface area (Å²) in [5.74, 6) is 0. The molecule has 0 unspecified atom stereocenters. The van der Waals surface area contributed by atoms with Gasteiger partial charge in [0.25, 0.3) is 0 Å². The molecule has 2 N–H and O–H groups in total. The molecule has 2 nitrogen and oxygen atoms in total. The van der Waals surface area contributed by atoms with Crippen molar-refractivity contribution in [3.8, 4) is 0 Å². The Bertz CT molecular complexity index is 448. The average molecular weight is 242 g/mol. The molecule has 0 radical (unpaired) electrons. The number of para-hydroxylation sites is 1. The van der Waals surface area contributed by atoms with Gasteiger partial charge < -0.3 is 10.6 Å². The maximum absolute atomic E-state index is 3.58. The van der Waals surface area contributed by atoms with Crippen molar-refractivity contribution in [1.82, 2.24) is 5.32 Å². The molecule has 1 aliphatic carbocycles. The molecule has 0 aromatic heterocycles.